The Hall–Kier alpha value is -3.05. The Morgan fingerprint density at radius 1 is 1.07 bits per heavy atom. The van der Waals surface area contributed by atoms with Gasteiger partial charge in [0.2, 0.25) is 5.95 Å². The lowest BCUT2D eigenvalue weighted by Gasteiger charge is -2.28. The first-order chi connectivity index (χ1) is 14.6. The van der Waals surface area contributed by atoms with Crippen LogP contribution in [-0.2, 0) is 4.74 Å². The van der Waals surface area contributed by atoms with Crippen LogP contribution in [0.2, 0.25) is 10.0 Å². The van der Waals surface area contributed by atoms with Crippen molar-refractivity contribution in [3.8, 4) is 11.8 Å². The molecule has 1 saturated heterocycles. The molecule has 0 radical (unpaired) electrons. The number of nitriles is 1. The number of aliphatic hydroxyl groups excluding tert-OH is 1. The maximum atomic E-state index is 10.9. The van der Waals surface area contributed by atoms with Crippen molar-refractivity contribution in [1.82, 2.24) is 14.8 Å². The minimum absolute atomic E-state index is 0.0462. The number of para-hydroxylation sites is 1. The molecule has 2 heterocycles. The van der Waals surface area contributed by atoms with E-state index in [-0.39, 0.29) is 27.7 Å². The van der Waals surface area contributed by atoms with E-state index in [4.69, 9.17) is 27.9 Å². The molecule has 0 spiro atoms. The fourth-order valence-corrected chi connectivity index (χ4v) is 3.74. The molecular formula is C21H17Cl2N5O2. The largest absolute Gasteiger partial charge is 0.506 e. The highest BCUT2D eigenvalue weighted by Gasteiger charge is 2.26. The van der Waals surface area contributed by atoms with Gasteiger partial charge in [0.25, 0.3) is 0 Å². The number of hydrogen-bond donors (Lipinski definition) is 1. The van der Waals surface area contributed by atoms with E-state index in [1.54, 1.807) is 16.7 Å². The summed E-state index contributed by atoms with van der Waals surface area (Å²) in [4.78, 5) is 2.04. The van der Waals surface area contributed by atoms with Crippen molar-refractivity contribution < 1.29 is 9.84 Å². The second kappa shape index (κ2) is 8.76. The van der Waals surface area contributed by atoms with Gasteiger partial charge in [-0.15, -0.1) is 10.2 Å². The molecule has 0 saturated carbocycles. The van der Waals surface area contributed by atoms with Gasteiger partial charge in [0.15, 0.2) is 5.82 Å². The van der Waals surface area contributed by atoms with Crippen LogP contribution in [0.5, 0.6) is 0 Å². The van der Waals surface area contributed by atoms with Crippen molar-refractivity contribution in [2.75, 3.05) is 31.2 Å². The smallest absolute Gasteiger partial charge is 0.232 e. The zero-order valence-electron chi connectivity index (χ0n) is 15.8. The summed E-state index contributed by atoms with van der Waals surface area (Å²) in [5, 5.41) is 30.0. The molecule has 7 nitrogen and oxygen atoms in total. The molecule has 3 aromatic rings. The number of nitrogens with zero attached hydrogens (tertiary/aromatic N) is 5. The van der Waals surface area contributed by atoms with Gasteiger partial charge in [0.1, 0.15) is 17.4 Å². The molecule has 1 aromatic heterocycles. The van der Waals surface area contributed by atoms with Crippen LogP contribution in [0, 0.1) is 11.3 Å². The Labute approximate surface area is 183 Å². The molecule has 2 aromatic carbocycles. The quantitative estimate of drug-likeness (QED) is 0.477. The number of allylic oxidation sites excluding steroid dienone is 1. The van der Waals surface area contributed by atoms with E-state index >= 15 is 0 Å². The van der Waals surface area contributed by atoms with Crippen LogP contribution in [0.15, 0.2) is 48.5 Å². The molecule has 1 fully saturated rings. The third-order valence-electron chi connectivity index (χ3n) is 4.71. The summed E-state index contributed by atoms with van der Waals surface area (Å²) in [6.45, 7) is 2.43. The zero-order chi connectivity index (χ0) is 21.1. The monoisotopic (exact) mass is 441 g/mol. The lowest BCUT2D eigenvalue weighted by Crippen LogP contribution is -2.38. The number of halogens is 2. The van der Waals surface area contributed by atoms with Crippen LogP contribution >= 0.6 is 23.2 Å². The van der Waals surface area contributed by atoms with Crippen LogP contribution in [0.25, 0.3) is 17.0 Å². The molecule has 152 valence electrons. The Balaban J connectivity index is 1.91. The van der Waals surface area contributed by atoms with Crippen LogP contribution in [0.4, 0.5) is 5.95 Å². The van der Waals surface area contributed by atoms with Crippen molar-refractivity contribution in [3.05, 3.63) is 70.0 Å². The van der Waals surface area contributed by atoms with E-state index in [1.165, 1.54) is 6.07 Å². The second-order valence-electron chi connectivity index (χ2n) is 6.55. The molecule has 0 unspecified atom stereocenters. The Bertz CT molecular complexity index is 1130. The minimum Gasteiger partial charge on any atom is -0.506 e. The fourth-order valence-electron chi connectivity index (χ4n) is 3.25. The molecular weight excluding hydrogens is 425 g/mol. The predicted molar refractivity (Wildman–Crippen MR) is 116 cm³/mol. The number of morpholine rings is 1. The lowest BCUT2D eigenvalue weighted by molar-refractivity contribution is 0.122. The maximum absolute atomic E-state index is 10.9. The first kappa shape index (κ1) is 20.2. The van der Waals surface area contributed by atoms with E-state index in [2.05, 4.69) is 16.3 Å². The average molecular weight is 442 g/mol. The van der Waals surface area contributed by atoms with Gasteiger partial charge >= 0.3 is 0 Å². The van der Waals surface area contributed by atoms with Gasteiger partial charge in [-0.05, 0) is 30.3 Å². The van der Waals surface area contributed by atoms with Gasteiger partial charge in [-0.2, -0.15) is 5.26 Å². The van der Waals surface area contributed by atoms with Gasteiger partial charge < -0.3 is 14.7 Å². The molecule has 1 aliphatic rings. The van der Waals surface area contributed by atoms with Crippen LogP contribution < -0.4 is 4.90 Å². The van der Waals surface area contributed by atoms with Crippen molar-refractivity contribution in [1.29, 1.82) is 5.26 Å². The molecule has 0 bridgehead atoms. The third kappa shape index (κ3) is 3.85. The van der Waals surface area contributed by atoms with E-state index in [0.717, 1.165) is 5.69 Å². The molecule has 4 rings (SSSR count). The molecule has 1 aliphatic heterocycles. The first-order valence-electron chi connectivity index (χ1n) is 9.23. The maximum Gasteiger partial charge on any atom is 0.232 e. The molecule has 1 N–H and O–H groups in total. The number of rotatable bonds is 4. The predicted octanol–water partition coefficient (Wildman–Crippen LogP) is 4.36. The van der Waals surface area contributed by atoms with E-state index < -0.39 is 0 Å². The summed E-state index contributed by atoms with van der Waals surface area (Å²) >= 11 is 12.2. The fraction of sp³-hybridized carbons (Fsp3) is 0.190. The summed E-state index contributed by atoms with van der Waals surface area (Å²) in [5.41, 5.74) is 1.00. The van der Waals surface area contributed by atoms with Crippen molar-refractivity contribution in [2.24, 2.45) is 0 Å². The third-order valence-corrected chi connectivity index (χ3v) is 5.26. The molecule has 0 atom stereocenters. The lowest BCUT2D eigenvalue weighted by atomic mass is 10.1. The standard InChI is InChI=1S/C21H17Cl2N5O2/c22-14-6-7-16(18(23)12-14)19(29)17(13-24)20-25-26-21(27-8-10-30-11-9-27)28(20)15-4-2-1-3-5-15/h1-7,12,29H,8-11H2/b19-17-. The summed E-state index contributed by atoms with van der Waals surface area (Å²) in [6.07, 6.45) is 0. The molecule has 0 aliphatic carbocycles. The normalized spacial score (nSPS) is 14.9. The van der Waals surface area contributed by atoms with E-state index in [9.17, 15) is 10.4 Å². The number of hydrogen-bond acceptors (Lipinski definition) is 6. The Morgan fingerprint density at radius 3 is 2.47 bits per heavy atom. The van der Waals surface area contributed by atoms with Crippen LogP contribution in [-0.4, -0.2) is 46.2 Å². The van der Waals surface area contributed by atoms with Gasteiger partial charge in [0, 0.05) is 23.7 Å². The highest BCUT2D eigenvalue weighted by Crippen LogP contribution is 2.32. The van der Waals surface area contributed by atoms with Crippen molar-refractivity contribution >= 4 is 40.5 Å². The second-order valence-corrected chi connectivity index (χ2v) is 7.40. The number of ether oxygens (including phenoxy) is 1. The first-order valence-corrected chi connectivity index (χ1v) is 9.98. The summed E-state index contributed by atoms with van der Waals surface area (Å²) < 4.78 is 7.19. The summed E-state index contributed by atoms with van der Waals surface area (Å²) in [6, 6.07) is 16.1. The molecule has 9 heteroatoms. The van der Waals surface area contributed by atoms with Gasteiger partial charge in [-0.25, -0.2) is 0 Å². The van der Waals surface area contributed by atoms with Gasteiger partial charge in [-0.3, -0.25) is 4.57 Å². The molecule has 30 heavy (non-hydrogen) atoms. The minimum atomic E-state index is -0.294. The van der Waals surface area contributed by atoms with Crippen LogP contribution in [0.1, 0.15) is 11.4 Å². The summed E-state index contributed by atoms with van der Waals surface area (Å²) in [7, 11) is 0. The number of aliphatic hydroxyl groups is 1. The number of aromatic nitrogens is 3. The topological polar surface area (TPSA) is 87.2 Å². The summed E-state index contributed by atoms with van der Waals surface area (Å²) in [5.74, 6) is 0.494. The van der Waals surface area contributed by atoms with Crippen molar-refractivity contribution in [2.45, 2.75) is 0 Å². The van der Waals surface area contributed by atoms with E-state index in [1.807, 2.05) is 35.2 Å². The van der Waals surface area contributed by atoms with E-state index in [0.29, 0.717) is 37.3 Å². The number of benzene rings is 2. The Kier molecular flexibility index (Phi) is 5.91. The highest BCUT2D eigenvalue weighted by atomic mass is 35.5. The SMILES string of the molecule is N#C/C(=C(/O)c1ccc(Cl)cc1Cl)c1nnc(N2CCOCC2)n1-c1ccccc1. The highest BCUT2D eigenvalue weighted by molar-refractivity contribution is 6.35. The Morgan fingerprint density at radius 2 is 1.80 bits per heavy atom. The molecule has 0 amide bonds. The average Bonchev–Trinajstić information content (AvgIpc) is 3.20. The van der Waals surface area contributed by atoms with Gasteiger partial charge in [-0.1, -0.05) is 41.4 Å². The van der Waals surface area contributed by atoms with Crippen LogP contribution in [0.3, 0.4) is 0 Å². The zero-order valence-corrected chi connectivity index (χ0v) is 17.3. The van der Waals surface area contributed by atoms with Gasteiger partial charge in [0.05, 0.1) is 23.9 Å². The van der Waals surface area contributed by atoms with Crippen molar-refractivity contribution in [3.63, 3.8) is 0 Å². The number of anilines is 1.